The lowest BCUT2D eigenvalue weighted by Gasteiger charge is -2.33. The van der Waals surface area contributed by atoms with Gasteiger partial charge in [0.15, 0.2) is 11.9 Å². The van der Waals surface area contributed by atoms with Crippen molar-refractivity contribution in [1.29, 1.82) is 0 Å². The molecule has 0 saturated carbocycles. The van der Waals surface area contributed by atoms with Crippen LogP contribution in [0.15, 0.2) is 42.5 Å². The molecule has 0 saturated heterocycles. The van der Waals surface area contributed by atoms with Crippen LogP contribution in [0.4, 0.5) is 5.69 Å². The number of aromatic hydroxyl groups is 1. The van der Waals surface area contributed by atoms with Crippen LogP contribution in [0.5, 0.6) is 11.5 Å². The first-order valence-electron chi connectivity index (χ1n) is 10.6. The number of carbonyl (C=O) groups is 4. The van der Waals surface area contributed by atoms with E-state index in [2.05, 4.69) is 5.32 Å². The molecule has 3 rings (SSSR count). The highest BCUT2D eigenvalue weighted by molar-refractivity contribution is 6.06. The van der Waals surface area contributed by atoms with Crippen molar-refractivity contribution in [3.05, 3.63) is 53.6 Å². The van der Waals surface area contributed by atoms with Crippen LogP contribution in [0.1, 0.15) is 42.6 Å². The number of phenols is 1. The molecule has 2 atom stereocenters. The van der Waals surface area contributed by atoms with Crippen LogP contribution in [-0.4, -0.2) is 52.5 Å². The van der Waals surface area contributed by atoms with Gasteiger partial charge in [0.05, 0.1) is 5.69 Å². The van der Waals surface area contributed by atoms with Crippen LogP contribution >= 0.6 is 0 Å². The number of benzene rings is 2. The van der Waals surface area contributed by atoms with Crippen LogP contribution in [0.25, 0.3) is 0 Å². The highest BCUT2D eigenvalue weighted by Crippen LogP contribution is 2.35. The lowest BCUT2D eigenvalue weighted by molar-refractivity contribution is -0.141. The Bertz CT molecular complexity index is 1060. The molecule has 1 heterocycles. The molecule has 0 aromatic heterocycles. The summed E-state index contributed by atoms with van der Waals surface area (Å²) in [7, 11) is 0. The van der Waals surface area contributed by atoms with E-state index in [0.29, 0.717) is 35.4 Å². The first-order valence-corrected chi connectivity index (χ1v) is 10.6. The maximum Gasteiger partial charge on any atom is 0.326 e. The number of amides is 2. The number of carboxylic acid groups (broad SMARTS) is 1. The molecule has 0 aliphatic carbocycles. The fourth-order valence-electron chi connectivity index (χ4n) is 3.57. The molecule has 2 aromatic rings. The van der Waals surface area contributed by atoms with Gasteiger partial charge < -0.3 is 20.3 Å². The Morgan fingerprint density at radius 2 is 1.85 bits per heavy atom. The third-order valence-corrected chi connectivity index (χ3v) is 5.28. The summed E-state index contributed by atoms with van der Waals surface area (Å²) < 4.78 is 5.61. The first kappa shape index (κ1) is 23.8. The van der Waals surface area contributed by atoms with Crippen molar-refractivity contribution in [1.82, 2.24) is 5.32 Å². The van der Waals surface area contributed by atoms with Crippen molar-refractivity contribution in [2.75, 3.05) is 11.4 Å². The fraction of sp³-hybridized carbons (Fsp3) is 0.333. The fourth-order valence-corrected chi connectivity index (χ4v) is 3.57. The number of hydrogen-bond acceptors (Lipinski definition) is 6. The summed E-state index contributed by atoms with van der Waals surface area (Å²) in [4.78, 5) is 50.7. The van der Waals surface area contributed by atoms with Crippen LogP contribution in [0.2, 0.25) is 0 Å². The molecule has 1 aliphatic rings. The van der Waals surface area contributed by atoms with Gasteiger partial charge in [-0.1, -0.05) is 19.1 Å². The van der Waals surface area contributed by atoms with Gasteiger partial charge in [-0.2, -0.15) is 0 Å². The number of anilines is 1. The standard InChI is InChI=1S/C24H26N2O7/c1-3-4-20(28)16-7-10-21-19(12-16)26(23(30)14(2)33-21)13-22(29)25-18(24(31)32)11-15-5-8-17(27)9-6-15/h5-10,12,14,18,27H,3-4,11,13H2,1-2H3,(H,25,29)(H,31,32). The van der Waals surface area contributed by atoms with E-state index in [-0.39, 0.29) is 18.0 Å². The minimum atomic E-state index is -1.23. The van der Waals surface area contributed by atoms with E-state index in [1.165, 1.54) is 23.1 Å². The molecule has 2 aromatic carbocycles. The summed E-state index contributed by atoms with van der Waals surface area (Å²) in [6.45, 7) is 3.01. The van der Waals surface area contributed by atoms with Gasteiger partial charge in [0.1, 0.15) is 24.1 Å². The van der Waals surface area contributed by atoms with Crippen molar-refractivity contribution in [3.63, 3.8) is 0 Å². The average Bonchev–Trinajstić information content (AvgIpc) is 2.77. The number of nitrogens with one attached hydrogen (secondary N) is 1. The second-order valence-electron chi connectivity index (χ2n) is 7.87. The molecule has 0 radical (unpaired) electrons. The van der Waals surface area contributed by atoms with Crippen molar-refractivity contribution in [2.24, 2.45) is 0 Å². The number of ether oxygens (including phenoxy) is 1. The maximum absolute atomic E-state index is 12.8. The third kappa shape index (κ3) is 5.68. The molecule has 9 nitrogen and oxygen atoms in total. The molecule has 3 N–H and O–H groups in total. The lowest BCUT2D eigenvalue weighted by atomic mass is 10.0. The number of phenolic OH excluding ortho intramolecular Hbond substituents is 1. The van der Waals surface area contributed by atoms with E-state index in [1.54, 1.807) is 31.2 Å². The van der Waals surface area contributed by atoms with E-state index >= 15 is 0 Å². The van der Waals surface area contributed by atoms with Gasteiger partial charge in [-0.15, -0.1) is 0 Å². The molecule has 0 spiro atoms. The van der Waals surface area contributed by atoms with Gasteiger partial charge in [-0.3, -0.25) is 19.3 Å². The zero-order chi connectivity index (χ0) is 24.1. The summed E-state index contributed by atoms with van der Waals surface area (Å²) in [6.07, 6.45) is 0.185. The summed E-state index contributed by atoms with van der Waals surface area (Å²) in [5, 5.41) is 21.4. The molecular formula is C24H26N2O7. The largest absolute Gasteiger partial charge is 0.508 e. The number of carboxylic acids is 1. The highest BCUT2D eigenvalue weighted by Gasteiger charge is 2.34. The molecule has 174 valence electrons. The minimum Gasteiger partial charge on any atom is -0.508 e. The number of Topliss-reactive ketones (excluding diaryl/α,β-unsaturated/α-hetero) is 1. The Kier molecular flexibility index (Phi) is 7.32. The quantitative estimate of drug-likeness (QED) is 0.495. The normalized spacial score (nSPS) is 15.9. The zero-order valence-corrected chi connectivity index (χ0v) is 18.4. The number of hydrogen-bond donors (Lipinski definition) is 3. The molecule has 2 unspecified atom stereocenters. The SMILES string of the molecule is CCCC(=O)c1ccc2c(c1)N(CC(=O)NC(Cc1ccc(O)cc1)C(=O)O)C(=O)C(C)O2. The van der Waals surface area contributed by atoms with Crippen LogP contribution in [-0.2, 0) is 20.8 Å². The average molecular weight is 454 g/mol. The Balaban J connectivity index is 1.79. The summed E-state index contributed by atoms with van der Waals surface area (Å²) in [5.74, 6) is -2.04. The summed E-state index contributed by atoms with van der Waals surface area (Å²) in [5.41, 5.74) is 1.31. The number of carbonyl (C=O) groups excluding carboxylic acids is 3. The second kappa shape index (κ2) is 10.2. The second-order valence-corrected chi connectivity index (χ2v) is 7.87. The molecule has 33 heavy (non-hydrogen) atoms. The Hall–Kier alpha value is -3.88. The lowest BCUT2D eigenvalue weighted by Crippen LogP contribution is -2.51. The minimum absolute atomic E-state index is 0.00106. The molecule has 2 amide bonds. The van der Waals surface area contributed by atoms with Gasteiger partial charge in [0, 0.05) is 18.4 Å². The molecule has 1 aliphatic heterocycles. The van der Waals surface area contributed by atoms with Gasteiger partial charge in [0.25, 0.3) is 5.91 Å². The van der Waals surface area contributed by atoms with Crippen LogP contribution in [0, 0.1) is 0 Å². The molecule has 0 bridgehead atoms. The number of fused-ring (bicyclic) bond motifs is 1. The van der Waals surface area contributed by atoms with E-state index < -0.39 is 36.5 Å². The molecule has 0 fully saturated rings. The highest BCUT2D eigenvalue weighted by atomic mass is 16.5. The zero-order valence-electron chi connectivity index (χ0n) is 18.4. The van der Waals surface area contributed by atoms with Crippen LogP contribution < -0.4 is 15.0 Å². The topological polar surface area (TPSA) is 133 Å². The van der Waals surface area contributed by atoms with Gasteiger partial charge in [0.2, 0.25) is 5.91 Å². The van der Waals surface area contributed by atoms with E-state index in [0.717, 1.165) is 0 Å². The summed E-state index contributed by atoms with van der Waals surface area (Å²) >= 11 is 0. The number of nitrogens with zero attached hydrogens (tertiary/aromatic N) is 1. The van der Waals surface area contributed by atoms with E-state index in [9.17, 15) is 29.4 Å². The molecular weight excluding hydrogens is 428 g/mol. The smallest absolute Gasteiger partial charge is 0.326 e. The predicted molar refractivity (Wildman–Crippen MR) is 120 cm³/mol. The van der Waals surface area contributed by atoms with Crippen molar-refractivity contribution in [3.8, 4) is 11.5 Å². The van der Waals surface area contributed by atoms with Gasteiger partial charge >= 0.3 is 5.97 Å². The number of rotatable bonds is 9. The maximum atomic E-state index is 12.8. The summed E-state index contributed by atoms with van der Waals surface area (Å²) in [6, 6.07) is 9.50. The van der Waals surface area contributed by atoms with E-state index in [4.69, 9.17) is 4.74 Å². The molecule has 9 heteroatoms. The van der Waals surface area contributed by atoms with Crippen molar-refractivity contribution in [2.45, 2.75) is 45.3 Å². The Labute approximate surface area is 191 Å². The van der Waals surface area contributed by atoms with Crippen molar-refractivity contribution < 1.29 is 34.1 Å². The number of ketones is 1. The third-order valence-electron chi connectivity index (χ3n) is 5.28. The first-order chi connectivity index (χ1) is 15.7. The van der Waals surface area contributed by atoms with Gasteiger partial charge in [-0.25, -0.2) is 4.79 Å². The predicted octanol–water partition coefficient (Wildman–Crippen LogP) is 2.30. The Morgan fingerprint density at radius 1 is 1.15 bits per heavy atom. The van der Waals surface area contributed by atoms with Crippen molar-refractivity contribution >= 4 is 29.3 Å². The van der Waals surface area contributed by atoms with Gasteiger partial charge in [-0.05, 0) is 49.2 Å². The van der Waals surface area contributed by atoms with Crippen LogP contribution in [0.3, 0.4) is 0 Å². The monoisotopic (exact) mass is 454 g/mol. The number of aliphatic carboxylic acids is 1. The van der Waals surface area contributed by atoms with E-state index in [1.807, 2.05) is 6.92 Å². The Morgan fingerprint density at radius 3 is 2.48 bits per heavy atom.